The lowest BCUT2D eigenvalue weighted by Gasteiger charge is -2.04. The summed E-state index contributed by atoms with van der Waals surface area (Å²) >= 11 is 0. The molecule has 0 spiro atoms. The van der Waals surface area contributed by atoms with E-state index in [1.54, 1.807) is 13.1 Å². The van der Waals surface area contributed by atoms with Gasteiger partial charge in [0.25, 0.3) is 0 Å². The van der Waals surface area contributed by atoms with E-state index in [0.717, 1.165) is 17.7 Å². The third-order valence-electron chi connectivity index (χ3n) is 1.65. The molecule has 0 fully saturated rings. The lowest BCUT2D eigenvalue weighted by atomic mass is 10.1. The average Bonchev–Trinajstić information content (AvgIpc) is 2.02. The first kappa shape index (κ1) is 12.1. The van der Waals surface area contributed by atoms with Crippen molar-refractivity contribution in [2.45, 2.75) is 39.7 Å². The Hall–Kier alpha value is -0.890. The Balaban J connectivity index is 4.33. The van der Waals surface area contributed by atoms with Gasteiger partial charge in [-0.3, -0.25) is 4.99 Å². The Morgan fingerprint density at radius 3 is 2.62 bits per heavy atom. The van der Waals surface area contributed by atoms with Crippen molar-refractivity contribution in [3.05, 3.63) is 24.4 Å². The summed E-state index contributed by atoms with van der Waals surface area (Å²) in [5.41, 5.74) is 2.16. The Bertz CT molecular complexity index is 214. The topological polar surface area (TPSA) is 32.6 Å². The summed E-state index contributed by atoms with van der Waals surface area (Å²) in [4.78, 5) is 4.11. The highest BCUT2D eigenvalue weighted by molar-refractivity contribution is 5.95. The predicted molar refractivity (Wildman–Crippen MR) is 58.0 cm³/mol. The summed E-state index contributed by atoms with van der Waals surface area (Å²) in [6.07, 6.45) is 4.87. The molecule has 0 aliphatic carbocycles. The van der Waals surface area contributed by atoms with Crippen LogP contribution in [0.2, 0.25) is 0 Å². The van der Waals surface area contributed by atoms with Crippen LogP contribution < -0.4 is 0 Å². The Kier molecular flexibility index (Phi) is 6.15. The molecule has 13 heavy (non-hydrogen) atoms. The minimum Gasteiger partial charge on any atom is -0.393 e. The predicted octanol–water partition coefficient (Wildman–Crippen LogP) is 2.70. The van der Waals surface area contributed by atoms with Crippen LogP contribution in [0.3, 0.4) is 0 Å². The normalized spacial score (nSPS) is 15.7. The summed E-state index contributed by atoms with van der Waals surface area (Å²) in [7, 11) is 0. The number of aliphatic imine (C=N–C) groups is 1. The van der Waals surface area contributed by atoms with Crippen LogP contribution in [-0.2, 0) is 0 Å². The first-order valence-electron chi connectivity index (χ1n) is 4.63. The highest BCUT2D eigenvalue weighted by Crippen LogP contribution is 2.05. The van der Waals surface area contributed by atoms with E-state index in [1.807, 2.05) is 13.0 Å². The molecule has 0 aromatic rings. The first-order valence-corrected chi connectivity index (χ1v) is 4.63. The van der Waals surface area contributed by atoms with Gasteiger partial charge in [0, 0.05) is 11.9 Å². The molecule has 0 aliphatic heterocycles. The largest absolute Gasteiger partial charge is 0.393 e. The van der Waals surface area contributed by atoms with Gasteiger partial charge in [0.05, 0.1) is 6.10 Å². The van der Waals surface area contributed by atoms with E-state index in [-0.39, 0.29) is 6.10 Å². The molecule has 74 valence electrons. The van der Waals surface area contributed by atoms with Crippen molar-refractivity contribution in [2.24, 2.45) is 4.99 Å². The maximum atomic E-state index is 9.14. The number of aliphatic hydroxyl groups excluding tert-OH is 1. The molecule has 1 unspecified atom stereocenters. The summed E-state index contributed by atoms with van der Waals surface area (Å²) in [6, 6.07) is 0. The molecular weight excluding hydrogens is 162 g/mol. The van der Waals surface area contributed by atoms with Gasteiger partial charge in [-0.15, -0.1) is 0 Å². The molecule has 0 amide bonds. The standard InChI is InChI=1S/C11H19NO/c1-5-11(12-6-2)8-9(3)7-10(4)13/h6,8,10,13H,2,5,7H2,1,3-4H3/b9-8+,12-11?. The third kappa shape index (κ3) is 6.29. The van der Waals surface area contributed by atoms with Crippen LogP contribution >= 0.6 is 0 Å². The van der Waals surface area contributed by atoms with Crippen molar-refractivity contribution in [3.63, 3.8) is 0 Å². The van der Waals surface area contributed by atoms with Crippen LogP contribution in [0.4, 0.5) is 0 Å². The molecule has 0 radical (unpaired) electrons. The molecule has 0 heterocycles. The molecule has 2 nitrogen and oxygen atoms in total. The SMILES string of the molecule is C=CN=C(/C=C(\C)CC(C)O)CC. The van der Waals surface area contributed by atoms with Crippen LogP contribution in [0, 0.1) is 0 Å². The molecular formula is C11H19NO. The smallest absolute Gasteiger partial charge is 0.0549 e. The molecule has 1 N–H and O–H groups in total. The van der Waals surface area contributed by atoms with Crippen molar-refractivity contribution >= 4 is 5.71 Å². The van der Waals surface area contributed by atoms with Gasteiger partial charge in [-0.2, -0.15) is 0 Å². The average molecular weight is 181 g/mol. The van der Waals surface area contributed by atoms with Crippen LogP contribution in [0.15, 0.2) is 29.4 Å². The minimum absolute atomic E-state index is 0.280. The van der Waals surface area contributed by atoms with E-state index in [9.17, 15) is 0 Å². The van der Waals surface area contributed by atoms with Crippen LogP contribution in [0.25, 0.3) is 0 Å². The zero-order valence-electron chi connectivity index (χ0n) is 8.75. The second kappa shape index (κ2) is 6.61. The zero-order valence-corrected chi connectivity index (χ0v) is 8.75. The Morgan fingerprint density at radius 1 is 1.62 bits per heavy atom. The number of nitrogens with zero attached hydrogens (tertiary/aromatic N) is 1. The van der Waals surface area contributed by atoms with Crippen molar-refractivity contribution < 1.29 is 5.11 Å². The molecule has 0 rings (SSSR count). The summed E-state index contributed by atoms with van der Waals surface area (Å²) < 4.78 is 0. The maximum absolute atomic E-state index is 9.14. The highest BCUT2D eigenvalue weighted by atomic mass is 16.3. The molecule has 0 bridgehead atoms. The van der Waals surface area contributed by atoms with E-state index >= 15 is 0 Å². The number of allylic oxidation sites excluding steroid dienone is 1. The fourth-order valence-electron chi connectivity index (χ4n) is 1.16. The fourth-order valence-corrected chi connectivity index (χ4v) is 1.16. The van der Waals surface area contributed by atoms with Crippen molar-refractivity contribution in [3.8, 4) is 0 Å². The minimum atomic E-state index is -0.280. The second-order valence-electron chi connectivity index (χ2n) is 3.20. The molecule has 0 aromatic carbocycles. The van der Waals surface area contributed by atoms with Crippen LogP contribution in [0.1, 0.15) is 33.6 Å². The van der Waals surface area contributed by atoms with Gasteiger partial charge in [-0.05, 0) is 32.8 Å². The zero-order chi connectivity index (χ0) is 10.3. The van der Waals surface area contributed by atoms with Crippen molar-refractivity contribution in [1.82, 2.24) is 0 Å². The van der Waals surface area contributed by atoms with Crippen molar-refractivity contribution in [2.75, 3.05) is 0 Å². The summed E-state index contributed by atoms with van der Waals surface area (Å²) in [6.45, 7) is 9.39. The van der Waals surface area contributed by atoms with E-state index in [2.05, 4.69) is 18.5 Å². The van der Waals surface area contributed by atoms with Gasteiger partial charge >= 0.3 is 0 Å². The molecule has 2 heteroatoms. The summed E-state index contributed by atoms with van der Waals surface area (Å²) in [5.74, 6) is 0. The first-order chi connectivity index (χ1) is 6.10. The number of aliphatic hydroxyl groups is 1. The Morgan fingerprint density at radius 2 is 2.23 bits per heavy atom. The highest BCUT2D eigenvalue weighted by Gasteiger charge is 1.98. The van der Waals surface area contributed by atoms with Gasteiger partial charge in [0.1, 0.15) is 0 Å². The number of hydrogen-bond donors (Lipinski definition) is 1. The number of hydrogen-bond acceptors (Lipinski definition) is 2. The van der Waals surface area contributed by atoms with Gasteiger partial charge in [0.2, 0.25) is 0 Å². The fraction of sp³-hybridized carbons (Fsp3) is 0.545. The van der Waals surface area contributed by atoms with E-state index in [1.165, 1.54) is 0 Å². The van der Waals surface area contributed by atoms with Crippen LogP contribution in [-0.4, -0.2) is 16.9 Å². The maximum Gasteiger partial charge on any atom is 0.0549 e. The van der Waals surface area contributed by atoms with E-state index in [4.69, 9.17) is 5.11 Å². The molecule has 0 aromatic heterocycles. The van der Waals surface area contributed by atoms with Crippen molar-refractivity contribution in [1.29, 1.82) is 0 Å². The Labute approximate surface area is 80.7 Å². The molecule has 0 aliphatic rings. The van der Waals surface area contributed by atoms with Crippen LogP contribution in [0.5, 0.6) is 0 Å². The second-order valence-corrected chi connectivity index (χ2v) is 3.20. The molecule has 0 saturated carbocycles. The van der Waals surface area contributed by atoms with Gasteiger partial charge in [-0.25, -0.2) is 0 Å². The molecule has 1 atom stereocenters. The van der Waals surface area contributed by atoms with Gasteiger partial charge in [0.15, 0.2) is 0 Å². The van der Waals surface area contributed by atoms with E-state index in [0.29, 0.717) is 6.42 Å². The van der Waals surface area contributed by atoms with E-state index < -0.39 is 0 Å². The lowest BCUT2D eigenvalue weighted by molar-refractivity contribution is 0.195. The third-order valence-corrected chi connectivity index (χ3v) is 1.65. The monoisotopic (exact) mass is 181 g/mol. The quantitative estimate of drug-likeness (QED) is 0.650. The molecule has 0 saturated heterocycles. The summed E-state index contributed by atoms with van der Waals surface area (Å²) in [5, 5.41) is 9.14. The van der Waals surface area contributed by atoms with Gasteiger partial charge < -0.3 is 5.11 Å². The lowest BCUT2D eigenvalue weighted by Crippen LogP contribution is -2.01. The van der Waals surface area contributed by atoms with Gasteiger partial charge in [-0.1, -0.05) is 19.1 Å². The number of rotatable bonds is 5.